The second kappa shape index (κ2) is 6.46. The van der Waals surface area contributed by atoms with Crippen LogP contribution in [0.25, 0.3) is 0 Å². The van der Waals surface area contributed by atoms with Crippen LogP contribution >= 0.6 is 23.2 Å². The molecule has 0 saturated carbocycles. The Labute approximate surface area is 132 Å². The van der Waals surface area contributed by atoms with Crippen LogP contribution in [0.15, 0.2) is 30.3 Å². The molecule has 0 unspecified atom stereocenters. The summed E-state index contributed by atoms with van der Waals surface area (Å²) in [5.74, 6) is 0.533. The first-order valence-corrected chi connectivity index (χ1v) is 8.37. The lowest BCUT2D eigenvalue weighted by Crippen LogP contribution is -2.15. The fourth-order valence-corrected chi connectivity index (χ4v) is 2.34. The van der Waals surface area contributed by atoms with Crippen LogP contribution < -0.4 is 10.0 Å². The van der Waals surface area contributed by atoms with Crippen LogP contribution in [0.1, 0.15) is 6.92 Å². The van der Waals surface area contributed by atoms with Crippen molar-refractivity contribution in [2.75, 3.05) is 15.8 Å². The fraction of sp³-hybridized carbons (Fsp3) is 0.167. The highest BCUT2D eigenvalue weighted by Gasteiger charge is 2.09. The molecule has 2 aromatic rings. The van der Waals surface area contributed by atoms with E-state index in [9.17, 15) is 8.42 Å². The Hall–Kier alpha value is -1.57. The number of aromatic nitrogens is 2. The van der Waals surface area contributed by atoms with E-state index in [1.54, 1.807) is 24.3 Å². The zero-order valence-corrected chi connectivity index (χ0v) is 13.3. The van der Waals surface area contributed by atoms with E-state index in [-0.39, 0.29) is 11.6 Å². The minimum Gasteiger partial charge on any atom is -0.337 e. The average molecular weight is 347 g/mol. The summed E-state index contributed by atoms with van der Waals surface area (Å²) in [4.78, 5) is 0. The smallest absolute Gasteiger partial charge is 0.233 e. The number of sulfonamides is 1. The van der Waals surface area contributed by atoms with E-state index < -0.39 is 10.0 Å². The molecular weight excluding hydrogens is 335 g/mol. The standard InChI is InChI=1S/C12H12Cl2N4O2S/c1-2-21(19,20)18-11-7-6-10(16-17-11)15-9-5-3-4-8(13)12(9)14/h3-7H,2H2,1H3,(H,15,16)(H,17,18). The Morgan fingerprint density at radius 3 is 2.38 bits per heavy atom. The van der Waals surface area contributed by atoms with Crippen molar-refractivity contribution in [1.82, 2.24) is 10.2 Å². The van der Waals surface area contributed by atoms with Crippen LogP contribution in [0.5, 0.6) is 0 Å². The van der Waals surface area contributed by atoms with E-state index >= 15 is 0 Å². The van der Waals surface area contributed by atoms with Crippen molar-refractivity contribution < 1.29 is 8.42 Å². The molecule has 0 spiro atoms. The molecule has 21 heavy (non-hydrogen) atoms. The van der Waals surface area contributed by atoms with Gasteiger partial charge < -0.3 is 5.32 Å². The molecule has 2 rings (SSSR count). The van der Waals surface area contributed by atoms with Gasteiger partial charge in [-0.25, -0.2) is 8.42 Å². The van der Waals surface area contributed by atoms with E-state index in [2.05, 4.69) is 20.2 Å². The summed E-state index contributed by atoms with van der Waals surface area (Å²) in [7, 11) is -3.37. The van der Waals surface area contributed by atoms with E-state index in [4.69, 9.17) is 23.2 Å². The number of nitrogens with zero attached hydrogens (tertiary/aromatic N) is 2. The number of nitrogens with one attached hydrogen (secondary N) is 2. The summed E-state index contributed by atoms with van der Waals surface area (Å²) in [5.41, 5.74) is 0.584. The normalized spacial score (nSPS) is 11.2. The van der Waals surface area contributed by atoms with Crippen molar-refractivity contribution >= 4 is 50.5 Å². The van der Waals surface area contributed by atoms with Gasteiger partial charge in [-0.3, -0.25) is 4.72 Å². The van der Waals surface area contributed by atoms with E-state index in [0.717, 1.165) is 0 Å². The number of benzene rings is 1. The van der Waals surface area contributed by atoms with Gasteiger partial charge >= 0.3 is 0 Å². The van der Waals surface area contributed by atoms with Crippen LogP contribution in [-0.2, 0) is 10.0 Å². The summed E-state index contributed by atoms with van der Waals surface area (Å²) < 4.78 is 25.1. The molecule has 0 aliphatic carbocycles. The molecular formula is C12H12Cl2N4O2S. The van der Waals surface area contributed by atoms with Gasteiger partial charge in [-0.2, -0.15) is 0 Å². The molecule has 0 bridgehead atoms. The molecule has 0 amide bonds. The summed E-state index contributed by atoms with van der Waals surface area (Å²) in [6.45, 7) is 1.53. The van der Waals surface area contributed by atoms with Gasteiger partial charge in [0.25, 0.3) is 0 Å². The van der Waals surface area contributed by atoms with Crippen molar-refractivity contribution in [2.45, 2.75) is 6.92 Å². The number of anilines is 3. The molecule has 112 valence electrons. The van der Waals surface area contributed by atoms with Gasteiger partial charge in [0.15, 0.2) is 11.6 Å². The van der Waals surface area contributed by atoms with Gasteiger partial charge in [-0.05, 0) is 31.2 Å². The number of hydrogen-bond donors (Lipinski definition) is 2. The summed E-state index contributed by atoms with van der Waals surface area (Å²) >= 11 is 12.0. The third kappa shape index (κ3) is 4.20. The predicted molar refractivity (Wildman–Crippen MR) is 84.9 cm³/mol. The van der Waals surface area contributed by atoms with Crippen molar-refractivity contribution in [3.8, 4) is 0 Å². The minimum atomic E-state index is -3.37. The molecule has 9 heteroatoms. The summed E-state index contributed by atoms with van der Waals surface area (Å²) in [6.07, 6.45) is 0. The predicted octanol–water partition coefficient (Wildman–Crippen LogP) is 3.29. The average Bonchev–Trinajstić information content (AvgIpc) is 2.46. The van der Waals surface area contributed by atoms with Gasteiger partial charge in [-0.1, -0.05) is 29.3 Å². The molecule has 1 aromatic carbocycles. The minimum absolute atomic E-state index is 0.0349. The Kier molecular flexibility index (Phi) is 4.87. The van der Waals surface area contributed by atoms with Gasteiger partial charge in [0, 0.05) is 0 Å². The maximum atomic E-state index is 11.4. The second-order valence-corrected chi connectivity index (χ2v) is 6.83. The molecule has 1 aromatic heterocycles. The van der Waals surface area contributed by atoms with Gasteiger partial charge in [0.1, 0.15) is 0 Å². The summed E-state index contributed by atoms with van der Waals surface area (Å²) in [6, 6.07) is 8.24. The third-order valence-corrected chi connectivity index (χ3v) is 4.62. The molecule has 0 aliphatic heterocycles. The lowest BCUT2D eigenvalue weighted by molar-refractivity contribution is 0.602. The van der Waals surface area contributed by atoms with Gasteiger partial charge in [0.05, 0.1) is 21.5 Å². The molecule has 0 aliphatic rings. The fourth-order valence-electron chi connectivity index (χ4n) is 1.42. The molecule has 0 atom stereocenters. The van der Waals surface area contributed by atoms with Crippen molar-refractivity contribution in [3.63, 3.8) is 0 Å². The first kappa shape index (κ1) is 15.8. The molecule has 6 nitrogen and oxygen atoms in total. The Bertz CT molecular complexity index is 735. The highest BCUT2D eigenvalue weighted by molar-refractivity contribution is 7.92. The van der Waals surface area contributed by atoms with E-state index in [0.29, 0.717) is 21.6 Å². The Balaban J connectivity index is 2.15. The number of rotatable bonds is 5. The largest absolute Gasteiger partial charge is 0.337 e. The van der Waals surface area contributed by atoms with E-state index in [1.807, 2.05) is 0 Å². The van der Waals surface area contributed by atoms with Crippen LogP contribution in [-0.4, -0.2) is 24.4 Å². The first-order valence-electron chi connectivity index (χ1n) is 5.96. The van der Waals surface area contributed by atoms with Crippen molar-refractivity contribution in [2.24, 2.45) is 0 Å². The zero-order valence-electron chi connectivity index (χ0n) is 11.0. The SMILES string of the molecule is CCS(=O)(=O)Nc1ccc(Nc2cccc(Cl)c2Cl)nn1. The van der Waals surface area contributed by atoms with Gasteiger partial charge in [-0.15, -0.1) is 10.2 Å². The second-order valence-electron chi connectivity index (χ2n) is 4.04. The number of halogens is 2. The zero-order chi connectivity index (χ0) is 15.5. The molecule has 0 saturated heterocycles. The van der Waals surface area contributed by atoms with Crippen LogP contribution in [0.3, 0.4) is 0 Å². The van der Waals surface area contributed by atoms with Crippen LogP contribution in [0.2, 0.25) is 10.0 Å². The Morgan fingerprint density at radius 2 is 1.76 bits per heavy atom. The molecule has 0 radical (unpaired) electrons. The van der Waals surface area contributed by atoms with Crippen LogP contribution in [0.4, 0.5) is 17.3 Å². The lowest BCUT2D eigenvalue weighted by atomic mass is 10.3. The maximum Gasteiger partial charge on any atom is 0.233 e. The molecule has 1 heterocycles. The highest BCUT2D eigenvalue weighted by Crippen LogP contribution is 2.31. The van der Waals surface area contributed by atoms with Gasteiger partial charge in [0.2, 0.25) is 10.0 Å². The molecule has 2 N–H and O–H groups in total. The molecule has 0 fully saturated rings. The highest BCUT2D eigenvalue weighted by atomic mass is 35.5. The summed E-state index contributed by atoms with van der Waals surface area (Å²) in [5, 5.41) is 11.4. The lowest BCUT2D eigenvalue weighted by Gasteiger charge is -2.09. The number of hydrogen-bond acceptors (Lipinski definition) is 5. The third-order valence-electron chi connectivity index (χ3n) is 2.52. The Morgan fingerprint density at radius 1 is 1.10 bits per heavy atom. The van der Waals surface area contributed by atoms with Crippen molar-refractivity contribution in [1.29, 1.82) is 0 Å². The van der Waals surface area contributed by atoms with Crippen molar-refractivity contribution in [3.05, 3.63) is 40.4 Å². The topological polar surface area (TPSA) is 84.0 Å². The van der Waals surface area contributed by atoms with Crippen LogP contribution in [0, 0.1) is 0 Å². The maximum absolute atomic E-state index is 11.4. The first-order chi connectivity index (χ1) is 9.91. The monoisotopic (exact) mass is 346 g/mol. The quantitative estimate of drug-likeness (QED) is 0.867. The van der Waals surface area contributed by atoms with E-state index in [1.165, 1.54) is 13.0 Å².